The fourth-order valence-corrected chi connectivity index (χ4v) is 3.23. The van der Waals surface area contributed by atoms with E-state index >= 15 is 0 Å². The molecule has 9 heteroatoms. The maximum Gasteiger partial charge on any atom is 0.424 e. The molecular weight excluding hydrogens is 368 g/mol. The van der Waals surface area contributed by atoms with Gasteiger partial charge in [-0.15, -0.1) is 0 Å². The first-order chi connectivity index (χ1) is 13.1. The van der Waals surface area contributed by atoms with Crippen LogP contribution in [0.2, 0.25) is 0 Å². The minimum Gasteiger partial charge on any atom is -0.496 e. The van der Waals surface area contributed by atoms with Crippen LogP contribution < -0.4 is 4.74 Å². The molecule has 148 valence electrons. The summed E-state index contributed by atoms with van der Waals surface area (Å²) in [5, 5.41) is 0. The summed E-state index contributed by atoms with van der Waals surface area (Å²) in [4.78, 5) is 64.2. The molecule has 0 spiro atoms. The lowest BCUT2D eigenvalue weighted by Gasteiger charge is -2.34. The molecule has 5 amide bonds. The molecule has 1 atom stereocenters. The van der Waals surface area contributed by atoms with Crippen molar-refractivity contribution in [3.05, 3.63) is 29.3 Å². The molecule has 1 unspecified atom stereocenters. The number of likely N-dealkylation sites (tertiary alicyclic amines) is 1. The number of nitrogens with zero attached hydrogens (tertiary/aromatic N) is 2. The van der Waals surface area contributed by atoms with Gasteiger partial charge in [0.05, 0.1) is 18.2 Å². The quantitative estimate of drug-likeness (QED) is 0.710. The van der Waals surface area contributed by atoms with E-state index in [0.29, 0.717) is 4.90 Å². The van der Waals surface area contributed by atoms with Gasteiger partial charge in [-0.25, -0.2) is 4.79 Å². The van der Waals surface area contributed by atoms with Crippen LogP contribution in [0.25, 0.3) is 0 Å². The lowest BCUT2D eigenvalue weighted by atomic mass is 10.0. The molecule has 3 rings (SSSR count). The fourth-order valence-electron chi connectivity index (χ4n) is 3.23. The van der Waals surface area contributed by atoms with Crippen LogP contribution in [0.5, 0.6) is 5.75 Å². The van der Waals surface area contributed by atoms with E-state index in [1.807, 2.05) is 0 Å². The van der Waals surface area contributed by atoms with Gasteiger partial charge in [-0.2, -0.15) is 4.90 Å². The van der Waals surface area contributed by atoms with Gasteiger partial charge in [-0.3, -0.25) is 24.1 Å². The molecule has 2 aliphatic heterocycles. The van der Waals surface area contributed by atoms with Crippen molar-refractivity contribution >= 4 is 29.7 Å². The molecular formula is C19H20N2O7. The van der Waals surface area contributed by atoms with Crippen LogP contribution in [0.4, 0.5) is 4.79 Å². The van der Waals surface area contributed by atoms with Crippen LogP contribution in [-0.2, 0) is 14.3 Å². The van der Waals surface area contributed by atoms with Crippen molar-refractivity contribution in [1.29, 1.82) is 0 Å². The van der Waals surface area contributed by atoms with Crippen molar-refractivity contribution in [3.8, 4) is 5.75 Å². The minimum absolute atomic E-state index is 0.0588. The highest BCUT2D eigenvalue weighted by atomic mass is 16.6. The summed E-state index contributed by atoms with van der Waals surface area (Å²) in [6.07, 6.45) is -1.37. The fraction of sp³-hybridized carbons (Fsp3) is 0.421. The summed E-state index contributed by atoms with van der Waals surface area (Å²) in [7, 11) is 1.37. The molecule has 2 aliphatic rings. The molecule has 0 bridgehead atoms. The highest BCUT2D eigenvalue weighted by molar-refractivity contribution is 6.25. The van der Waals surface area contributed by atoms with E-state index in [1.165, 1.54) is 19.2 Å². The third-order valence-corrected chi connectivity index (χ3v) is 4.40. The highest BCUT2D eigenvalue weighted by Crippen LogP contribution is 2.34. The lowest BCUT2D eigenvalue weighted by Crippen LogP contribution is -2.58. The van der Waals surface area contributed by atoms with E-state index in [4.69, 9.17) is 9.47 Å². The van der Waals surface area contributed by atoms with Crippen molar-refractivity contribution < 1.29 is 33.4 Å². The van der Waals surface area contributed by atoms with E-state index in [9.17, 15) is 24.0 Å². The molecule has 1 fully saturated rings. The Balaban J connectivity index is 1.93. The summed E-state index contributed by atoms with van der Waals surface area (Å²) in [6.45, 7) is 4.78. The van der Waals surface area contributed by atoms with Gasteiger partial charge in [0.1, 0.15) is 17.4 Å². The number of amides is 5. The summed E-state index contributed by atoms with van der Waals surface area (Å²) in [5.41, 5.74) is -0.755. The number of ether oxygens (including phenoxy) is 2. The van der Waals surface area contributed by atoms with E-state index in [2.05, 4.69) is 0 Å². The Labute approximate surface area is 161 Å². The molecule has 9 nitrogen and oxygen atoms in total. The normalized spacial score (nSPS) is 19.8. The Morgan fingerprint density at radius 2 is 1.79 bits per heavy atom. The molecule has 1 aromatic rings. The summed E-state index contributed by atoms with van der Waals surface area (Å²) < 4.78 is 10.3. The molecule has 0 radical (unpaired) electrons. The average Bonchev–Trinajstić information content (AvgIpc) is 2.85. The molecule has 28 heavy (non-hydrogen) atoms. The third kappa shape index (κ3) is 3.12. The maximum atomic E-state index is 12.9. The largest absolute Gasteiger partial charge is 0.496 e. The van der Waals surface area contributed by atoms with Crippen molar-refractivity contribution in [3.63, 3.8) is 0 Å². The lowest BCUT2D eigenvalue weighted by molar-refractivity contribution is -0.149. The van der Waals surface area contributed by atoms with E-state index in [-0.39, 0.29) is 29.7 Å². The molecule has 0 saturated carbocycles. The van der Waals surface area contributed by atoms with Gasteiger partial charge < -0.3 is 9.47 Å². The first-order valence-corrected chi connectivity index (χ1v) is 8.71. The average molecular weight is 388 g/mol. The van der Waals surface area contributed by atoms with E-state index < -0.39 is 41.4 Å². The second-order valence-corrected chi connectivity index (χ2v) is 7.47. The van der Waals surface area contributed by atoms with Crippen LogP contribution >= 0.6 is 0 Å². The zero-order chi connectivity index (χ0) is 20.8. The minimum atomic E-state index is -1.28. The number of benzene rings is 1. The molecule has 2 heterocycles. The van der Waals surface area contributed by atoms with Crippen molar-refractivity contribution in [2.24, 2.45) is 0 Å². The molecule has 1 aromatic carbocycles. The Hall–Kier alpha value is -3.23. The van der Waals surface area contributed by atoms with Crippen LogP contribution in [0.3, 0.4) is 0 Å². The smallest absolute Gasteiger partial charge is 0.424 e. The van der Waals surface area contributed by atoms with Crippen molar-refractivity contribution in [2.45, 2.75) is 45.3 Å². The van der Waals surface area contributed by atoms with Gasteiger partial charge in [-0.1, -0.05) is 6.07 Å². The summed E-state index contributed by atoms with van der Waals surface area (Å²) in [6, 6.07) is 3.28. The number of methoxy groups -OCH3 is 1. The summed E-state index contributed by atoms with van der Waals surface area (Å²) >= 11 is 0. The van der Waals surface area contributed by atoms with Crippen molar-refractivity contribution in [1.82, 2.24) is 9.80 Å². The Morgan fingerprint density at radius 1 is 1.11 bits per heavy atom. The number of carbonyl (C=O) groups excluding carboxylic acids is 5. The standard InChI is InChI=1S/C19H20N2O7/c1-19(2,3)28-18(26)21-13(22)9-8-11(16(21)24)20-15(23)10-6-5-7-12(27-4)14(10)17(20)25/h5-7,11H,8-9H2,1-4H3. The Kier molecular flexibility index (Phi) is 4.70. The number of imide groups is 4. The first kappa shape index (κ1) is 19.5. The second kappa shape index (κ2) is 6.74. The molecule has 0 aromatic heterocycles. The van der Waals surface area contributed by atoms with Crippen LogP contribution in [0.15, 0.2) is 18.2 Å². The predicted octanol–water partition coefficient (Wildman–Crippen LogP) is 1.74. The van der Waals surface area contributed by atoms with Crippen LogP contribution in [0, 0.1) is 0 Å². The van der Waals surface area contributed by atoms with Gasteiger partial charge >= 0.3 is 6.09 Å². The second-order valence-electron chi connectivity index (χ2n) is 7.47. The number of carbonyl (C=O) groups is 5. The van der Waals surface area contributed by atoms with Gasteiger partial charge in [0.25, 0.3) is 17.7 Å². The number of fused-ring (bicyclic) bond motifs is 1. The van der Waals surface area contributed by atoms with Gasteiger partial charge in [0, 0.05) is 6.42 Å². The first-order valence-electron chi connectivity index (χ1n) is 8.71. The van der Waals surface area contributed by atoms with Gasteiger partial charge in [0.2, 0.25) is 5.91 Å². The molecule has 1 saturated heterocycles. The zero-order valence-corrected chi connectivity index (χ0v) is 16.0. The van der Waals surface area contributed by atoms with Gasteiger partial charge in [-0.05, 0) is 39.3 Å². The van der Waals surface area contributed by atoms with Gasteiger partial charge in [0.15, 0.2) is 0 Å². The number of hydrogen-bond acceptors (Lipinski definition) is 7. The zero-order valence-electron chi connectivity index (χ0n) is 16.0. The van der Waals surface area contributed by atoms with E-state index in [1.54, 1.807) is 26.8 Å². The summed E-state index contributed by atoms with van der Waals surface area (Å²) in [5.74, 6) is -2.85. The molecule has 0 N–H and O–H groups in total. The van der Waals surface area contributed by atoms with Crippen LogP contribution in [-0.4, -0.2) is 58.3 Å². The van der Waals surface area contributed by atoms with Crippen LogP contribution in [0.1, 0.15) is 54.3 Å². The Morgan fingerprint density at radius 3 is 2.39 bits per heavy atom. The number of hydrogen-bond donors (Lipinski definition) is 0. The monoisotopic (exact) mass is 388 g/mol. The maximum absolute atomic E-state index is 12.9. The van der Waals surface area contributed by atoms with Crippen molar-refractivity contribution in [2.75, 3.05) is 7.11 Å². The van der Waals surface area contributed by atoms with E-state index in [0.717, 1.165) is 4.90 Å². The SMILES string of the molecule is COc1cccc2c1C(=O)N(C1CCC(=O)N(C(=O)OC(C)(C)C)C1=O)C2=O. The molecule has 0 aliphatic carbocycles. The third-order valence-electron chi connectivity index (χ3n) is 4.40. The predicted molar refractivity (Wildman–Crippen MR) is 94.6 cm³/mol. The highest BCUT2D eigenvalue weighted by Gasteiger charge is 2.50. The Bertz CT molecular complexity index is 900. The topological polar surface area (TPSA) is 110 Å². The number of rotatable bonds is 2. The number of piperidine rings is 1.